The molecule has 0 fully saturated rings. The summed E-state index contributed by atoms with van der Waals surface area (Å²) in [5.74, 6) is -3.48. The molecule has 7 N–H and O–H groups in total. The van der Waals surface area contributed by atoms with Crippen LogP contribution in [0.15, 0.2) is 54.6 Å². The summed E-state index contributed by atoms with van der Waals surface area (Å²) in [5, 5.41) is 32.9. The molecular weight excluding hydrogens is 613 g/mol. The maximum Gasteiger partial charge on any atom is 0.328 e. The summed E-state index contributed by atoms with van der Waals surface area (Å²) in [7, 11) is 0. The van der Waals surface area contributed by atoms with Gasteiger partial charge >= 0.3 is 5.97 Å². The number of carbonyl (C=O) groups excluding carboxylic acids is 3. The van der Waals surface area contributed by atoms with Crippen molar-refractivity contribution in [3.05, 3.63) is 86.9 Å². The van der Waals surface area contributed by atoms with Crippen molar-refractivity contribution < 1.29 is 39.2 Å². The summed E-state index contributed by atoms with van der Waals surface area (Å²) in [6.07, 6.45) is 3.40. The van der Waals surface area contributed by atoms with Crippen molar-refractivity contribution in [1.29, 1.82) is 0 Å². The molecule has 0 saturated heterocycles. The number of ketones is 1. The standard InChI is InChI=1S/C31H33Cl2N3O8/c32-24-14-19(27(39)8-7-18-5-4-6-23(11-18)44-10-3-1-2-9-34)15-25(33)28(24)30(41)36-26(31(42)43)17-35-29(40)20-12-21(37)16-22(38)13-20/h4-6,11-16,26,37-38H,1-3,7-10,17,34H2,(H,35,40)(H,36,41)(H,42,43)/t26-/m0/s1. The van der Waals surface area contributed by atoms with Crippen molar-refractivity contribution in [3.8, 4) is 17.2 Å². The molecule has 0 heterocycles. The first-order chi connectivity index (χ1) is 21.0. The van der Waals surface area contributed by atoms with Crippen LogP contribution in [-0.4, -0.2) is 64.6 Å². The van der Waals surface area contributed by atoms with Gasteiger partial charge in [-0.2, -0.15) is 0 Å². The molecule has 0 aliphatic heterocycles. The van der Waals surface area contributed by atoms with Crippen LogP contribution < -0.4 is 21.1 Å². The lowest BCUT2D eigenvalue weighted by molar-refractivity contribution is -0.139. The number of carboxylic acid groups (broad SMARTS) is 1. The van der Waals surface area contributed by atoms with Crippen molar-refractivity contribution in [2.45, 2.75) is 38.1 Å². The number of hydrogen-bond donors (Lipinski definition) is 6. The van der Waals surface area contributed by atoms with Gasteiger partial charge in [0.1, 0.15) is 23.3 Å². The maximum atomic E-state index is 12.9. The SMILES string of the molecule is NCCCCCOc1cccc(CCC(=O)c2cc(Cl)c(C(=O)N[C@@H](CNC(=O)c3cc(O)cc(O)c3)C(=O)O)c(Cl)c2)c1. The highest BCUT2D eigenvalue weighted by Gasteiger charge is 2.25. The number of phenols is 2. The number of unbranched alkanes of at least 4 members (excludes halogenated alkanes) is 2. The highest BCUT2D eigenvalue weighted by atomic mass is 35.5. The molecule has 13 heteroatoms. The van der Waals surface area contributed by atoms with E-state index in [2.05, 4.69) is 10.6 Å². The summed E-state index contributed by atoms with van der Waals surface area (Å²) in [4.78, 5) is 50.0. The van der Waals surface area contributed by atoms with E-state index in [-0.39, 0.29) is 50.4 Å². The second-order valence-corrected chi connectivity index (χ2v) is 10.7. The van der Waals surface area contributed by atoms with Crippen LogP contribution in [0, 0.1) is 0 Å². The van der Waals surface area contributed by atoms with Gasteiger partial charge in [0.15, 0.2) is 5.78 Å². The fourth-order valence-corrected chi connectivity index (χ4v) is 4.87. The minimum Gasteiger partial charge on any atom is -0.508 e. The predicted octanol–water partition coefficient (Wildman–Crippen LogP) is 4.34. The Kier molecular flexibility index (Phi) is 12.8. The van der Waals surface area contributed by atoms with Crippen LogP contribution >= 0.6 is 23.2 Å². The summed E-state index contributed by atoms with van der Waals surface area (Å²) in [6.45, 7) is 0.688. The molecule has 0 spiro atoms. The molecule has 0 aliphatic carbocycles. The van der Waals surface area contributed by atoms with Gasteiger partial charge in [0.2, 0.25) is 0 Å². The first-order valence-corrected chi connectivity index (χ1v) is 14.5. The number of aryl methyl sites for hydroxylation is 1. The molecule has 0 bridgehead atoms. The lowest BCUT2D eigenvalue weighted by Crippen LogP contribution is -2.48. The van der Waals surface area contributed by atoms with Crippen LogP contribution in [0.4, 0.5) is 0 Å². The van der Waals surface area contributed by atoms with Crippen LogP contribution in [0.1, 0.15) is 62.3 Å². The molecule has 44 heavy (non-hydrogen) atoms. The molecule has 3 aromatic rings. The fourth-order valence-electron chi connectivity index (χ4n) is 4.21. The normalized spacial score (nSPS) is 11.4. The van der Waals surface area contributed by atoms with Gasteiger partial charge in [0, 0.05) is 30.2 Å². The van der Waals surface area contributed by atoms with Crippen LogP contribution in [0.3, 0.4) is 0 Å². The number of halogens is 2. The van der Waals surface area contributed by atoms with Crippen LogP contribution in [0.25, 0.3) is 0 Å². The smallest absolute Gasteiger partial charge is 0.328 e. The van der Waals surface area contributed by atoms with Gasteiger partial charge in [-0.15, -0.1) is 0 Å². The van der Waals surface area contributed by atoms with E-state index in [9.17, 15) is 34.5 Å². The van der Waals surface area contributed by atoms with E-state index in [4.69, 9.17) is 33.7 Å². The number of aromatic hydroxyl groups is 2. The van der Waals surface area contributed by atoms with Crippen molar-refractivity contribution in [2.24, 2.45) is 5.73 Å². The number of benzene rings is 3. The van der Waals surface area contributed by atoms with Gasteiger partial charge in [0.05, 0.1) is 22.2 Å². The first-order valence-electron chi connectivity index (χ1n) is 13.8. The molecule has 234 valence electrons. The third kappa shape index (κ3) is 10.1. The maximum absolute atomic E-state index is 12.9. The quantitative estimate of drug-likeness (QED) is 0.0972. The molecular formula is C31H33Cl2N3O8. The molecule has 0 unspecified atom stereocenters. The molecule has 0 saturated carbocycles. The van der Waals surface area contributed by atoms with Gasteiger partial charge in [-0.1, -0.05) is 35.3 Å². The van der Waals surface area contributed by atoms with Crippen molar-refractivity contribution in [1.82, 2.24) is 10.6 Å². The average molecular weight is 647 g/mol. The Bertz CT molecular complexity index is 1470. The molecule has 0 radical (unpaired) electrons. The number of hydrogen-bond acceptors (Lipinski definition) is 8. The number of ether oxygens (including phenoxy) is 1. The second-order valence-electron chi connectivity index (χ2n) is 9.90. The summed E-state index contributed by atoms with van der Waals surface area (Å²) in [5.41, 5.74) is 6.22. The lowest BCUT2D eigenvalue weighted by atomic mass is 10.0. The van der Waals surface area contributed by atoms with Gasteiger partial charge in [-0.3, -0.25) is 14.4 Å². The van der Waals surface area contributed by atoms with Gasteiger partial charge in [-0.25, -0.2) is 4.79 Å². The molecule has 3 aromatic carbocycles. The zero-order chi connectivity index (χ0) is 32.2. The lowest BCUT2D eigenvalue weighted by Gasteiger charge is -2.17. The van der Waals surface area contributed by atoms with Crippen molar-refractivity contribution in [3.63, 3.8) is 0 Å². The third-order valence-corrected chi connectivity index (χ3v) is 7.08. The van der Waals surface area contributed by atoms with E-state index in [1.54, 1.807) is 0 Å². The van der Waals surface area contributed by atoms with E-state index in [0.29, 0.717) is 25.3 Å². The topological polar surface area (TPSA) is 188 Å². The fraction of sp³-hybridized carbons (Fsp3) is 0.290. The summed E-state index contributed by atoms with van der Waals surface area (Å²) in [6, 6.07) is 11.6. The van der Waals surface area contributed by atoms with Crippen LogP contribution in [0.5, 0.6) is 17.2 Å². The largest absolute Gasteiger partial charge is 0.508 e. The van der Waals surface area contributed by atoms with Crippen molar-refractivity contribution >= 4 is 46.8 Å². The van der Waals surface area contributed by atoms with E-state index >= 15 is 0 Å². The highest BCUT2D eigenvalue weighted by molar-refractivity contribution is 6.40. The number of aliphatic carboxylic acids is 1. The number of carboxylic acids is 1. The predicted molar refractivity (Wildman–Crippen MR) is 165 cm³/mol. The molecule has 0 aliphatic rings. The monoisotopic (exact) mass is 645 g/mol. The van der Waals surface area contributed by atoms with Gasteiger partial charge in [0.25, 0.3) is 11.8 Å². The minimum absolute atomic E-state index is 0.126. The molecule has 11 nitrogen and oxygen atoms in total. The molecule has 3 rings (SSSR count). The highest BCUT2D eigenvalue weighted by Crippen LogP contribution is 2.28. The Morgan fingerprint density at radius 3 is 2.18 bits per heavy atom. The Hall–Kier alpha value is -4.32. The Labute approximate surface area is 263 Å². The van der Waals surface area contributed by atoms with E-state index in [1.165, 1.54) is 12.1 Å². The number of Topliss-reactive ketones (excluding diaryl/α,β-unsaturated/α-hetero) is 1. The van der Waals surface area contributed by atoms with Gasteiger partial charge < -0.3 is 36.4 Å². The molecule has 2 amide bonds. The second kappa shape index (κ2) is 16.5. The van der Waals surface area contributed by atoms with Crippen molar-refractivity contribution in [2.75, 3.05) is 19.7 Å². The number of carbonyl (C=O) groups is 4. The van der Waals surface area contributed by atoms with Crippen LogP contribution in [0.2, 0.25) is 10.0 Å². The Morgan fingerprint density at radius 1 is 0.864 bits per heavy atom. The number of nitrogens with two attached hydrogens (primary N) is 1. The van der Waals surface area contributed by atoms with E-state index < -0.39 is 30.4 Å². The van der Waals surface area contributed by atoms with Gasteiger partial charge in [-0.05, 0) is 74.2 Å². The number of amides is 2. The summed E-state index contributed by atoms with van der Waals surface area (Å²) >= 11 is 12.6. The zero-order valence-corrected chi connectivity index (χ0v) is 25.2. The number of phenolic OH excluding ortho intramolecular Hbond substituents is 2. The third-order valence-electron chi connectivity index (χ3n) is 6.48. The minimum atomic E-state index is -1.59. The Morgan fingerprint density at radius 2 is 1.55 bits per heavy atom. The van der Waals surface area contributed by atoms with E-state index in [1.807, 2.05) is 24.3 Å². The molecule has 0 aromatic heterocycles. The first kappa shape index (κ1) is 34.2. The number of nitrogens with one attached hydrogen (secondary N) is 2. The van der Waals surface area contributed by atoms with Crippen LogP contribution in [-0.2, 0) is 11.2 Å². The molecule has 1 atom stereocenters. The summed E-state index contributed by atoms with van der Waals surface area (Å²) < 4.78 is 5.78. The Balaban J connectivity index is 1.60. The number of rotatable bonds is 16. The zero-order valence-electron chi connectivity index (χ0n) is 23.6. The average Bonchev–Trinajstić information content (AvgIpc) is 2.97. The van der Waals surface area contributed by atoms with E-state index in [0.717, 1.165) is 43.0 Å².